The minimum absolute atomic E-state index is 0.0561. The summed E-state index contributed by atoms with van der Waals surface area (Å²) in [6.07, 6.45) is -4.18. The number of para-hydroxylation sites is 1. The van der Waals surface area contributed by atoms with Crippen LogP contribution in [0.1, 0.15) is 33.4 Å². The lowest BCUT2D eigenvalue weighted by molar-refractivity contribution is -0.157. The number of ether oxygens (including phenoxy) is 4. The number of benzene rings is 1. The second kappa shape index (κ2) is 12.1. The van der Waals surface area contributed by atoms with Crippen molar-refractivity contribution in [2.75, 3.05) is 19.8 Å². The molecular weight excluding hydrogens is 540 g/mol. The molecule has 0 bridgehead atoms. The third-order valence-electron chi connectivity index (χ3n) is 6.13. The van der Waals surface area contributed by atoms with Gasteiger partial charge in [0.05, 0.1) is 25.9 Å². The van der Waals surface area contributed by atoms with E-state index in [9.17, 15) is 18.9 Å². The number of halogens is 1. The molecule has 0 aliphatic carbocycles. The van der Waals surface area contributed by atoms with Crippen LogP contribution in [0, 0.1) is 0 Å². The highest BCUT2D eigenvalue weighted by Gasteiger charge is 2.58. The van der Waals surface area contributed by atoms with Crippen LogP contribution in [0.25, 0.3) is 0 Å². The number of alkyl halides is 1. The second-order valence-corrected chi connectivity index (χ2v) is 10.9. The van der Waals surface area contributed by atoms with Crippen LogP contribution in [0.2, 0.25) is 0 Å². The molecule has 0 spiro atoms. The highest BCUT2D eigenvalue weighted by Crippen LogP contribution is 2.48. The van der Waals surface area contributed by atoms with Crippen LogP contribution in [0.5, 0.6) is 5.75 Å². The molecule has 2 aliphatic heterocycles. The van der Waals surface area contributed by atoms with Crippen LogP contribution in [0.4, 0.5) is 4.39 Å². The van der Waals surface area contributed by atoms with Crippen molar-refractivity contribution in [3.05, 3.63) is 63.4 Å². The van der Waals surface area contributed by atoms with Crippen LogP contribution in [-0.4, -0.2) is 65.5 Å². The third kappa shape index (κ3) is 6.83. The van der Waals surface area contributed by atoms with E-state index >= 15 is 4.39 Å². The average Bonchev–Trinajstić information content (AvgIpc) is 3.51. The zero-order valence-electron chi connectivity index (χ0n) is 21.6. The first kappa shape index (κ1) is 29.1. The van der Waals surface area contributed by atoms with Gasteiger partial charge in [-0.3, -0.25) is 23.7 Å². The molecule has 39 heavy (non-hydrogen) atoms. The van der Waals surface area contributed by atoms with E-state index < -0.39 is 68.0 Å². The molecule has 3 heterocycles. The summed E-state index contributed by atoms with van der Waals surface area (Å²) in [6, 6.07) is 8.62. The quantitative estimate of drug-likeness (QED) is 0.301. The Morgan fingerprint density at radius 2 is 1.95 bits per heavy atom. The number of aromatic nitrogens is 2. The Kier molecular flexibility index (Phi) is 9.04. The number of carbonyl (C=O) groups excluding carboxylic acids is 1. The molecule has 0 saturated carbocycles. The number of esters is 1. The zero-order chi connectivity index (χ0) is 28.2. The van der Waals surface area contributed by atoms with Gasteiger partial charge in [0.25, 0.3) is 5.56 Å². The standard InChI is InChI=1S/C24H31FN3O10P/c1-4-19(30)37-20-17(36-22(24(20,3)25)28-11-10-18(29)26-23(28)31)14-35-39(32,38-16-8-6-5-7-9-16)27-15(2)21-33-12-13-34-21/h5-11,15,17,20-22H,4,12-14H2,1-3H3,(H,27,32)(H,26,29,31)/t15-,17?,20?,22?,24?,39?/m0/s1. The van der Waals surface area contributed by atoms with E-state index in [1.165, 1.54) is 6.92 Å². The SMILES string of the molecule is CCC(=O)OC1C(COP(=O)(N[C@@H](C)C2OCCO2)Oc2ccccc2)OC(n2ccc(=O)[nH]c2=O)C1(C)F. The van der Waals surface area contributed by atoms with Crippen LogP contribution in [0.3, 0.4) is 0 Å². The Labute approximate surface area is 223 Å². The minimum atomic E-state index is -4.19. The van der Waals surface area contributed by atoms with E-state index in [4.69, 9.17) is 28.0 Å². The first-order valence-electron chi connectivity index (χ1n) is 12.4. The normalized spacial score (nSPS) is 27.6. The second-order valence-electron chi connectivity index (χ2n) is 9.18. The number of carbonyl (C=O) groups is 1. The smallest absolute Gasteiger partial charge is 0.456 e. The van der Waals surface area contributed by atoms with E-state index in [2.05, 4.69) is 5.09 Å². The van der Waals surface area contributed by atoms with Crippen LogP contribution in [-0.2, 0) is 32.8 Å². The number of rotatable bonds is 11. The average molecular weight is 571 g/mol. The fraction of sp³-hybridized carbons (Fsp3) is 0.542. The molecule has 2 aromatic rings. The Morgan fingerprint density at radius 3 is 2.59 bits per heavy atom. The van der Waals surface area contributed by atoms with Crippen LogP contribution in [0.15, 0.2) is 52.2 Å². The maximum Gasteiger partial charge on any atom is 0.459 e. The molecule has 4 rings (SSSR count). The number of nitrogens with zero attached hydrogens (tertiary/aromatic N) is 1. The zero-order valence-corrected chi connectivity index (χ0v) is 22.5. The van der Waals surface area contributed by atoms with E-state index in [1.54, 1.807) is 37.3 Å². The van der Waals surface area contributed by atoms with E-state index in [1.807, 2.05) is 4.98 Å². The summed E-state index contributed by atoms with van der Waals surface area (Å²) >= 11 is 0. The summed E-state index contributed by atoms with van der Waals surface area (Å²) in [5.74, 6) is -0.499. The molecule has 2 N–H and O–H groups in total. The fourth-order valence-electron chi connectivity index (χ4n) is 4.22. The highest BCUT2D eigenvalue weighted by atomic mass is 31.2. The summed E-state index contributed by atoms with van der Waals surface area (Å²) < 4.78 is 64.4. The maximum absolute atomic E-state index is 16.2. The first-order valence-corrected chi connectivity index (χ1v) is 13.9. The van der Waals surface area contributed by atoms with Crippen LogP contribution < -0.4 is 20.9 Å². The number of hydrogen-bond donors (Lipinski definition) is 2. The topological polar surface area (TPSA) is 156 Å². The van der Waals surface area contributed by atoms with Gasteiger partial charge in [-0.05, 0) is 26.0 Å². The molecular formula is C24H31FN3O10P. The van der Waals surface area contributed by atoms with E-state index in [0.29, 0.717) is 13.2 Å². The molecule has 1 aromatic heterocycles. The van der Waals surface area contributed by atoms with Gasteiger partial charge in [-0.15, -0.1) is 0 Å². The Bertz CT molecular complexity index is 1300. The molecule has 2 saturated heterocycles. The lowest BCUT2D eigenvalue weighted by Gasteiger charge is -2.29. The van der Waals surface area contributed by atoms with Gasteiger partial charge in [-0.1, -0.05) is 25.1 Å². The number of hydrogen-bond acceptors (Lipinski definition) is 10. The van der Waals surface area contributed by atoms with Crippen molar-refractivity contribution in [1.29, 1.82) is 0 Å². The van der Waals surface area contributed by atoms with Crippen molar-refractivity contribution in [3.8, 4) is 5.75 Å². The lowest BCUT2D eigenvalue weighted by atomic mass is 9.98. The molecule has 0 amide bonds. The number of aromatic amines is 1. The lowest BCUT2D eigenvalue weighted by Crippen LogP contribution is -2.46. The molecule has 5 unspecified atom stereocenters. The summed E-state index contributed by atoms with van der Waals surface area (Å²) in [5, 5.41) is 2.76. The van der Waals surface area contributed by atoms with Gasteiger partial charge in [0.1, 0.15) is 11.9 Å². The van der Waals surface area contributed by atoms with E-state index in [-0.39, 0.29) is 12.2 Å². The van der Waals surface area contributed by atoms with Gasteiger partial charge < -0.3 is 23.5 Å². The van der Waals surface area contributed by atoms with Crippen LogP contribution >= 0.6 is 7.75 Å². The van der Waals surface area contributed by atoms with Gasteiger partial charge >= 0.3 is 19.4 Å². The molecule has 2 aliphatic rings. The predicted molar refractivity (Wildman–Crippen MR) is 134 cm³/mol. The van der Waals surface area contributed by atoms with E-state index in [0.717, 1.165) is 23.8 Å². The summed E-state index contributed by atoms with van der Waals surface area (Å²) in [4.78, 5) is 38.1. The highest BCUT2D eigenvalue weighted by molar-refractivity contribution is 7.52. The molecule has 15 heteroatoms. The maximum atomic E-state index is 16.2. The predicted octanol–water partition coefficient (Wildman–Crippen LogP) is 2.04. The Morgan fingerprint density at radius 1 is 1.26 bits per heavy atom. The summed E-state index contributed by atoms with van der Waals surface area (Å²) in [5.41, 5.74) is -4.06. The van der Waals surface area contributed by atoms with Crippen molar-refractivity contribution in [2.45, 2.75) is 63.6 Å². The van der Waals surface area contributed by atoms with Crippen molar-refractivity contribution in [3.63, 3.8) is 0 Å². The fourth-order valence-corrected chi connectivity index (χ4v) is 5.77. The molecule has 2 fully saturated rings. The Hall–Kier alpha value is -2.87. The minimum Gasteiger partial charge on any atom is -0.456 e. The van der Waals surface area contributed by atoms with Gasteiger partial charge in [0, 0.05) is 18.7 Å². The van der Waals surface area contributed by atoms with Crippen molar-refractivity contribution < 1.29 is 41.7 Å². The van der Waals surface area contributed by atoms with Gasteiger partial charge in [0.15, 0.2) is 24.3 Å². The molecule has 214 valence electrons. The molecule has 0 radical (unpaired) electrons. The number of nitrogens with one attached hydrogen (secondary N) is 2. The van der Waals surface area contributed by atoms with Gasteiger partial charge in [-0.25, -0.2) is 18.8 Å². The summed E-state index contributed by atoms with van der Waals surface area (Å²) in [7, 11) is -4.19. The van der Waals surface area contributed by atoms with Crippen molar-refractivity contribution >= 4 is 13.7 Å². The number of H-pyrrole nitrogens is 1. The largest absolute Gasteiger partial charge is 0.459 e. The van der Waals surface area contributed by atoms with Gasteiger partial charge in [-0.2, -0.15) is 0 Å². The molecule has 6 atom stereocenters. The van der Waals surface area contributed by atoms with Crippen molar-refractivity contribution in [1.82, 2.24) is 14.6 Å². The summed E-state index contributed by atoms with van der Waals surface area (Å²) in [6.45, 7) is 4.45. The molecule has 1 aromatic carbocycles. The monoisotopic (exact) mass is 571 g/mol. The molecule has 13 nitrogen and oxygen atoms in total. The van der Waals surface area contributed by atoms with Crippen molar-refractivity contribution in [2.24, 2.45) is 0 Å². The third-order valence-corrected chi connectivity index (χ3v) is 7.79. The first-order chi connectivity index (χ1) is 18.5. The van der Waals surface area contributed by atoms with Gasteiger partial charge in [0.2, 0.25) is 0 Å². The Balaban J connectivity index is 1.59.